The number of halogens is 1. The summed E-state index contributed by atoms with van der Waals surface area (Å²) in [5.41, 5.74) is -0.398. The van der Waals surface area contributed by atoms with Crippen molar-refractivity contribution < 1.29 is 28.6 Å². The molecular weight excluding hydrogens is 317 g/mol. The van der Waals surface area contributed by atoms with E-state index in [9.17, 15) is 19.1 Å². The van der Waals surface area contributed by atoms with Crippen LogP contribution in [-0.4, -0.2) is 34.9 Å². The van der Waals surface area contributed by atoms with E-state index in [0.29, 0.717) is 5.56 Å². The number of benzene rings is 1. The normalized spacial score (nSPS) is 12.6. The second kappa shape index (κ2) is 7.99. The maximum Gasteiger partial charge on any atom is 0.408 e. The molecule has 0 aliphatic heterocycles. The summed E-state index contributed by atoms with van der Waals surface area (Å²) in [6.45, 7) is 8.49. The van der Waals surface area contributed by atoms with E-state index in [0.717, 1.165) is 0 Å². The van der Waals surface area contributed by atoms with E-state index in [1.807, 2.05) is 0 Å². The van der Waals surface area contributed by atoms with Gasteiger partial charge in [-0.25, -0.2) is 14.0 Å². The molecule has 0 aliphatic rings. The van der Waals surface area contributed by atoms with Crippen LogP contribution in [0, 0.1) is 5.82 Å². The monoisotopic (exact) mass is 341 g/mol. The first-order valence-corrected chi connectivity index (χ1v) is 7.66. The lowest BCUT2D eigenvalue weighted by molar-refractivity contribution is -0.139. The molecular formula is C17H24FNO5. The Hall–Kier alpha value is -2.31. The average molecular weight is 341 g/mol. The fraction of sp³-hybridized carbons (Fsp3) is 0.529. The Kier molecular flexibility index (Phi) is 6.57. The zero-order valence-electron chi connectivity index (χ0n) is 14.6. The Morgan fingerprint density at radius 2 is 1.92 bits per heavy atom. The molecule has 134 valence electrons. The van der Waals surface area contributed by atoms with Crippen molar-refractivity contribution in [1.82, 2.24) is 5.32 Å². The van der Waals surface area contributed by atoms with Crippen molar-refractivity contribution in [2.75, 3.05) is 0 Å². The van der Waals surface area contributed by atoms with Gasteiger partial charge < -0.3 is 19.9 Å². The molecule has 6 nitrogen and oxygen atoms in total. The lowest BCUT2D eigenvalue weighted by Crippen LogP contribution is -2.44. The van der Waals surface area contributed by atoms with Gasteiger partial charge in [-0.1, -0.05) is 12.1 Å². The number of carbonyl (C=O) groups excluding carboxylic acids is 1. The molecule has 0 saturated heterocycles. The van der Waals surface area contributed by atoms with E-state index in [1.54, 1.807) is 40.7 Å². The number of hydrogen-bond donors (Lipinski definition) is 2. The highest BCUT2D eigenvalue weighted by Gasteiger charge is 2.26. The van der Waals surface area contributed by atoms with Crippen molar-refractivity contribution in [2.45, 2.75) is 58.8 Å². The summed E-state index contributed by atoms with van der Waals surface area (Å²) in [7, 11) is 0. The van der Waals surface area contributed by atoms with Crippen LogP contribution in [0.4, 0.5) is 9.18 Å². The van der Waals surface area contributed by atoms with Gasteiger partial charge in [0.05, 0.1) is 6.10 Å². The molecule has 0 radical (unpaired) electrons. The van der Waals surface area contributed by atoms with Crippen LogP contribution in [0.2, 0.25) is 0 Å². The number of rotatable bonds is 6. The predicted octanol–water partition coefficient (Wildman–Crippen LogP) is 3.13. The van der Waals surface area contributed by atoms with Gasteiger partial charge in [-0.05, 0) is 46.2 Å². The number of ether oxygens (including phenoxy) is 2. The third-order valence-corrected chi connectivity index (χ3v) is 2.82. The van der Waals surface area contributed by atoms with Gasteiger partial charge in [0.2, 0.25) is 0 Å². The Bertz CT molecular complexity index is 595. The molecule has 0 saturated carbocycles. The first-order chi connectivity index (χ1) is 11.0. The summed E-state index contributed by atoms with van der Waals surface area (Å²) >= 11 is 0. The van der Waals surface area contributed by atoms with Gasteiger partial charge in [0.15, 0.2) is 11.6 Å². The molecule has 7 heteroatoms. The van der Waals surface area contributed by atoms with E-state index in [-0.39, 0.29) is 18.3 Å². The standard InChI is InChI=1S/C17H24FNO5/c1-10(2)23-14-11(7-6-8-12(14)18)9-13(15(20)21)19-16(22)24-17(3,4)5/h6-8,10,13H,9H2,1-5H3,(H,19,22)(H,20,21). The van der Waals surface area contributed by atoms with Crippen LogP contribution in [0.5, 0.6) is 5.75 Å². The van der Waals surface area contributed by atoms with Crippen molar-refractivity contribution in [3.05, 3.63) is 29.6 Å². The maximum absolute atomic E-state index is 14.0. The highest BCUT2D eigenvalue weighted by Crippen LogP contribution is 2.25. The summed E-state index contributed by atoms with van der Waals surface area (Å²) in [6, 6.07) is 2.99. The summed E-state index contributed by atoms with van der Waals surface area (Å²) in [5.74, 6) is -1.84. The van der Waals surface area contributed by atoms with E-state index in [4.69, 9.17) is 9.47 Å². The number of hydrogen-bond acceptors (Lipinski definition) is 4. The number of alkyl carbamates (subject to hydrolysis) is 1. The molecule has 0 fully saturated rings. The number of amides is 1. The Balaban J connectivity index is 2.95. The smallest absolute Gasteiger partial charge is 0.408 e. The van der Waals surface area contributed by atoms with Gasteiger partial charge in [0.25, 0.3) is 0 Å². The summed E-state index contributed by atoms with van der Waals surface area (Å²) < 4.78 is 24.4. The number of carbonyl (C=O) groups is 2. The van der Waals surface area contributed by atoms with Crippen molar-refractivity contribution in [1.29, 1.82) is 0 Å². The minimum Gasteiger partial charge on any atom is -0.488 e. The summed E-state index contributed by atoms with van der Waals surface area (Å²) in [4.78, 5) is 23.2. The van der Waals surface area contributed by atoms with Crippen molar-refractivity contribution in [3.63, 3.8) is 0 Å². The number of para-hydroxylation sites is 1. The molecule has 2 N–H and O–H groups in total. The van der Waals surface area contributed by atoms with Gasteiger partial charge in [-0.15, -0.1) is 0 Å². The lowest BCUT2D eigenvalue weighted by atomic mass is 10.0. The van der Waals surface area contributed by atoms with Crippen LogP contribution in [0.25, 0.3) is 0 Å². The van der Waals surface area contributed by atoms with Crippen molar-refractivity contribution in [2.24, 2.45) is 0 Å². The van der Waals surface area contributed by atoms with Crippen LogP contribution in [0.3, 0.4) is 0 Å². The Morgan fingerprint density at radius 3 is 2.42 bits per heavy atom. The SMILES string of the molecule is CC(C)Oc1c(F)cccc1CC(NC(=O)OC(C)(C)C)C(=O)O. The second-order valence-corrected chi connectivity index (χ2v) is 6.64. The lowest BCUT2D eigenvalue weighted by Gasteiger charge is -2.22. The molecule has 1 amide bonds. The maximum atomic E-state index is 14.0. The van der Waals surface area contributed by atoms with E-state index in [2.05, 4.69) is 5.32 Å². The van der Waals surface area contributed by atoms with Crippen LogP contribution in [-0.2, 0) is 16.0 Å². The zero-order chi connectivity index (χ0) is 18.5. The van der Waals surface area contributed by atoms with E-state index in [1.165, 1.54) is 12.1 Å². The number of nitrogens with one attached hydrogen (secondary N) is 1. The fourth-order valence-electron chi connectivity index (χ4n) is 1.95. The minimum atomic E-state index is -1.27. The van der Waals surface area contributed by atoms with Crippen LogP contribution in [0.15, 0.2) is 18.2 Å². The molecule has 0 spiro atoms. The van der Waals surface area contributed by atoms with Gasteiger partial charge in [0, 0.05) is 6.42 Å². The zero-order valence-corrected chi connectivity index (χ0v) is 14.6. The first kappa shape index (κ1) is 19.7. The topological polar surface area (TPSA) is 84.9 Å². The van der Waals surface area contributed by atoms with Crippen molar-refractivity contribution >= 4 is 12.1 Å². The summed E-state index contributed by atoms with van der Waals surface area (Å²) in [6.07, 6.45) is -1.26. The number of carboxylic acids is 1. The molecule has 1 rings (SSSR count). The Morgan fingerprint density at radius 1 is 1.29 bits per heavy atom. The molecule has 1 unspecified atom stereocenters. The largest absolute Gasteiger partial charge is 0.488 e. The van der Waals surface area contributed by atoms with E-state index < -0.39 is 29.5 Å². The van der Waals surface area contributed by atoms with Gasteiger partial charge >= 0.3 is 12.1 Å². The van der Waals surface area contributed by atoms with Gasteiger partial charge in [0.1, 0.15) is 11.6 Å². The van der Waals surface area contributed by atoms with E-state index >= 15 is 0 Å². The molecule has 1 aromatic carbocycles. The summed E-state index contributed by atoms with van der Waals surface area (Å²) in [5, 5.41) is 11.6. The Labute approximate surface area is 141 Å². The molecule has 0 aliphatic carbocycles. The highest BCUT2D eigenvalue weighted by molar-refractivity contribution is 5.80. The van der Waals surface area contributed by atoms with Crippen LogP contribution < -0.4 is 10.1 Å². The minimum absolute atomic E-state index is 0.00950. The average Bonchev–Trinajstić information content (AvgIpc) is 2.39. The first-order valence-electron chi connectivity index (χ1n) is 7.66. The molecule has 0 aromatic heterocycles. The third-order valence-electron chi connectivity index (χ3n) is 2.82. The molecule has 24 heavy (non-hydrogen) atoms. The molecule has 0 bridgehead atoms. The fourth-order valence-corrected chi connectivity index (χ4v) is 1.95. The third kappa shape index (κ3) is 6.44. The number of carboxylic acid groups (broad SMARTS) is 1. The van der Waals surface area contributed by atoms with Crippen LogP contribution >= 0.6 is 0 Å². The molecule has 1 atom stereocenters. The van der Waals surface area contributed by atoms with Gasteiger partial charge in [-0.2, -0.15) is 0 Å². The molecule has 1 aromatic rings. The quantitative estimate of drug-likeness (QED) is 0.830. The predicted molar refractivity (Wildman–Crippen MR) is 86.7 cm³/mol. The second-order valence-electron chi connectivity index (χ2n) is 6.64. The highest BCUT2D eigenvalue weighted by atomic mass is 19.1. The van der Waals surface area contributed by atoms with Crippen molar-refractivity contribution in [3.8, 4) is 5.75 Å². The molecule has 0 heterocycles. The number of aliphatic carboxylic acids is 1. The van der Waals surface area contributed by atoms with Gasteiger partial charge in [-0.3, -0.25) is 0 Å². The van der Waals surface area contributed by atoms with Crippen LogP contribution in [0.1, 0.15) is 40.2 Å².